The largest absolute Gasteiger partial charge is 0.378 e. The lowest BCUT2D eigenvalue weighted by molar-refractivity contribution is 0.0414. The molecule has 1 aliphatic rings. The summed E-state index contributed by atoms with van der Waals surface area (Å²) in [5.41, 5.74) is 0. The lowest BCUT2D eigenvalue weighted by Crippen LogP contribution is -2.14. The van der Waals surface area contributed by atoms with E-state index in [4.69, 9.17) is 4.74 Å². The van der Waals surface area contributed by atoms with Crippen molar-refractivity contribution in [1.29, 1.82) is 0 Å². The van der Waals surface area contributed by atoms with Crippen LogP contribution in [-0.4, -0.2) is 12.7 Å². The third-order valence-electron chi connectivity index (χ3n) is 2.16. The molecule has 1 fully saturated rings. The second kappa shape index (κ2) is 3.21. The van der Waals surface area contributed by atoms with Gasteiger partial charge in [0.05, 0.1) is 6.10 Å². The maximum absolute atomic E-state index is 5.52. The van der Waals surface area contributed by atoms with Crippen LogP contribution in [0.3, 0.4) is 0 Å². The Labute approximate surface area is 57.4 Å². The molecule has 54 valence electrons. The van der Waals surface area contributed by atoms with E-state index < -0.39 is 0 Å². The van der Waals surface area contributed by atoms with E-state index in [2.05, 4.69) is 13.8 Å². The van der Waals surface area contributed by atoms with Crippen LogP contribution in [-0.2, 0) is 4.74 Å². The summed E-state index contributed by atoms with van der Waals surface area (Å²) in [7, 11) is 0. The van der Waals surface area contributed by atoms with Gasteiger partial charge in [0.15, 0.2) is 0 Å². The molecule has 0 amide bonds. The van der Waals surface area contributed by atoms with Gasteiger partial charge in [-0.05, 0) is 25.7 Å². The number of hydrogen-bond donors (Lipinski definition) is 0. The highest BCUT2D eigenvalue weighted by Crippen LogP contribution is 2.27. The normalized spacial score (nSPS) is 35.3. The standard InChI is InChI=1S/C8H16O/c1-3-9-8-6-4-5-7(8)2/h7-8H,3-6H2,1-2H3. The molecule has 0 saturated heterocycles. The maximum atomic E-state index is 5.52. The van der Waals surface area contributed by atoms with E-state index >= 15 is 0 Å². The van der Waals surface area contributed by atoms with Gasteiger partial charge in [-0.3, -0.25) is 0 Å². The molecule has 9 heavy (non-hydrogen) atoms. The third-order valence-corrected chi connectivity index (χ3v) is 2.16. The molecule has 0 aromatic heterocycles. The summed E-state index contributed by atoms with van der Waals surface area (Å²) < 4.78 is 5.52. The third kappa shape index (κ3) is 1.68. The van der Waals surface area contributed by atoms with Crippen molar-refractivity contribution in [1.82, 2.24) is 0 Å². The fourth-order valence-corrected chi connectivity index (χ4v) is 1.57. The van der Waals surface area contributed by atoms with E-state index in [1.165, 1.54) is 19.3 Å². The first-order chi connectivity index (χ1) is 4.34. The first-order valence-electron chi connectivity index (χ1n) is 3.96. The molecule has 0 bridgehead atoms. The average molecular weight is 128 g/mol. The zero-order chi connectivity index (χ0) is 6.69. The minimum Gasteiger partial charge on any atom is -0.378 e. The predicted octanol–water partition coefficient (Wildman–Crippen LogP) is 2.21. The number of ether oxygens (including phenoxy) is 1. The maximum Gasteiger partial charge on any atom is 0.0600 e. The Morgan fingerprint density at radius 1 is 1.44 bits per heavy atom. The molecular formula is C8H16O. The fraction of sp³-hybridized carbons (Fsp3) is 1.00. The van der Waals surface area contributed by atoms with E-state index in [-0.39, 0.29) is 0 Å². The van der Waals surface area contributed by atoms with Gasteiger partial charge in [0.25, 0.3) is 0 Å². The molecule has 0 spiro atoms. The van der Waals surface area contributed by atoms with Crippen LogP contribution in [0.4, 0.5) is 0 Å². The Hall–Kier alpha value is -0.0400. The van der Waals surface area contributed by atoms with Gasteiger partial charge in [0.1, 0.15) is 0 Å². The van der Waals surface area contributed by atoms with Crippen molar-refractivity contribution in [3.8, 4) is 0 Å². The minimum atomic E-state index is 0.579. The molecule has 2 unspecified atom stereocenters. The Kier molecular flexibility index (Phi) is 2.52. The van der Waals surface area contributed by atoms with Gasteiger partial charge in [-0.2, -0.15) is 0 Å². The summed E-state index contributed by atoms with van der Waals surface area (Å²) in [6.07, 6.45) is 4.60. The van der Waals surface area contributed by atoms with Gasteiger partial charge in [-0.1, -0.05) is 13.3 Å². The van der Waals surface area contributed by atoms with Crippen molar-refractivity contribution in [2.75, 3.05) is 6.61 Å². The van der Waals surface area contributed by atoms with Gasteiger partial charge in [0.2, 0.25) is 0 Å². The Morgan fingerprint density at radius 3 is 2.67 bits per heavy atom. The monoisotopic (exact) mass is 128 g/mol. The van der Waals surface area contributed by atoms with Crippen molar-refractivity contribution in [2.45, 2.75) is 39.2 Å². The van der Waals surface area contributed by atoms with Gasteiger partial charge < -0.3 is 4.74 Å². The number of rotatable bonds is 2. The van der Waals surface area contributed by atoms with Crippen molar-refractivity contribution in [2.24, 2.45) is 5.92 Å². The summed E-state index contributed by atoms with van der Waals surface area (Å²) in [6.45, 7) is 5.24. The highest BCUT2D eigenvalue weighted by atomic mass is 16.5. The van der Waals surface area contributed by atoms with Crippen LogP contribution in [0.5, 0.6) is 0 Å². The van der Waals surface area contributed by atoms with Crippen LogP contribution in [0.2, 0.25) is 0 Å². The van der Waals surface area contributed by atoms with Crippen LogP contribution in [0, 0.1) is 5.92 Å². The first-order valence-corrected chi connectivity index (χ1v) is 3.96. The van der Waals surface area contributed by atoms with E-state index in [0.717, 1.165) is 12.5 Å². The molecule has 2 atom stereocenters. The van der Waals surface area contributed by atoms with Gasteiger partial charge in [0, 0.05) is 6.61 Å². The number of hydrogen-bond acceptors (Lipinski definition) is 1. The molecule has 1 nitrogen and oxygen atoms in total. The van der Waals surface area contributed by atoms with Crippen LogP contribution in [0.15, 0.2) is 0 Å². The first kappa shape index (κ1) is 7.07. The van der Waals surface area contributed by atoms with Crippen LogP contribution >= 0.6 is 0 Å². The summed E-state index contributed by atoms with van der Waals surface area (Å²) in [4.78, 5) is 0. The molecule has 0 heterocycles. The Morgan fingerprint density at radius 2 is 2.22 bits per heavy atom. The molecule has 0 aliphatic heterocycles. The van der Waals surface area contributed by atoms with Gasteiger partial charge >= 0.3 is 0 Å². The second-order valence-electron chi connectivity index (χ2n) is 2.90. The minimum absolute atomic E-state index is 0.579. The van der Waals surface area contributed by atoms with Crippen LogP contribution in [0.25, 0.3) is 0 Å². The van der Waals surface area contributed by atoms with E-state index in [1.807, 2.05) is 0 Å². The van der Waals surface area contributed by atoms with Crippen molar-refractivity contribution < 1.29 is 4.74 Å². The second-order valence-corrected chi connectivity index (χ2v) is 2.90. The van der Waals surface area contributed by atoms with E-state index in [9.17, 15) is 0 Å². The zero-order valence-electron chi connectivity index (χ0n) is 6.39. The fourth-order valence-electron chi connectivity index (χ4n) is 1.57. The molecule has 0 aromatic carbocycles. The van der Waals surface area contributed by atoms with Gasteiger partial charge in [-0.15, -0.1) is 0 Å². The van der Waals surface area contributed by atoms with Crippen molar-refractivity contribution >= 4 is 0 Å². The summed E-state index contributed by atoms with van der Waals surface area (Å²) in [5, 5.41) is 0. The molecule has 1 rings (SSSR count). The molecule has 0 N–H and O–H groups in total. The van der Waals surface area contributed by atoms with Crippen molar-refractivity contribution in [3.05, 3.63) is 0 Å². The zero-order valence-corrected chi connectivity index (χ0v) is 6.39. The molecule has 0 aromatic rings. The lowest BCUT2D eigenvalue weighted by Gasteiger charge is -2.13. The lowest BCUT2D eigenvalue weighted by atomic mass is 10.1. The van der Waals surface area contributed by atoms with Gasteiger partial charge in [-0.25, -0.2) is 0 Å². The Bertz CT molecular complexity index is 80.6. The van der Waals surface area contributed by atoms with E-state index in [1.54, 1.807) is 0 Å². The molecule has 1 saturated carbocycles. The highest BCUT2D eigenvalue weighted by Gasteiger charge is 2.22. The molecule has 1 aliphatic carbocycles. The quantitative estimate of drug-likeness (QED) is 0.554. The average Bonchev–Trinajstić information content (AvgIpc) is 2.18. The van der Waals surface area contributed by atoms with Crippen molar-refractivity contribution in [3.63, 3.8) is 0 Å². The summed E-state index contributed by atoms with van der Waals surface area (Å²) >= 11 is 0. The highest BCUT2D eigenvalue weighted by molar-refractivity contribution is 4.73. The summed E-state index contributed by atoms with van der Waals surface area (Å²) in [6, 6.07) is 0. The predicted molar refractivity (Wildman–Crippen MR) is 38.4 cm³/mol. The molecule has 0 radical (unpaired) electrons. The smallest absolute Gasteiger partial charge is 0.0600 e. The molecule has 1 heteroatoms. The van der Waals surface area contributed by atoms with Crippen LogP contribution in [0.1, 0.15) is 33.1 Å². The van der Waals surface area contributed by atoms with E-state index in [0.29, 0.717) is 6.10 Å². The SMILES string of the molecule is CCOC1CCCC1C. The molecular weight excluding hydrogens is 112 g/mol. The van der Waals surface area contributed by atoms with Crippen LogP contribution < -0.4 is 0 Å². The summed E-state index contributed by atoms with van der Waals surface area (Å²) in [5.74, 6) is 0.810. The Balaban J connectivity index is 2.22. The topological polar surface area (TPSA) is 9.23 Å².